The van der Waals surface area contributed by atoms with Gasteiger partial charge in [0.15, 0.2) is 0 Å². The van der Waals surface area contributed by atoms with E-state index in [-0.39, 0.29) is 4.31 Å². The van der Waals surface area contributed by atoms with Gasteiger partial charge in [-0.05, 0) is 0 Å². The van der Waals surface area contributed by atoms with Gasteiger partial charge in [0.1, 0.15) is 0 Å². The van der Waals surface area contributed by atoms with Gasteiger partial charge in [-0.1, -0.05) is 0 Å². The number of hydrogen-bond donors (Lipinski definition) is 0. The van der Waals surface area contributed by atoms with Gasteiger partial charge in [-0.15, -0.1) is 0 Å². The van der Waals surface area contributed by atoms with E-state index in [1.54, 1.807) is 0 Å². The molecular formula is C13H28O2Sn. The van der Waals surface area contributed by atoms with Crippen LogP contribution in [0.25, 0.3) is 0 Å². The normalized spacial score (nSPS) is 11.2. The van der Waals surface area contributed by atoms with Gasteiger partial charge in [0.25, 0.3) is 0 Å². The van der Waals surface area contributed by atoms with E-state index < -0.39 is 21.1 Å². The quantitative estimate of drug-likeness (QED) is 0.307. The SMILES string of the molecule is CCCCO[CH](OCCCC)[Sn][CH2]CCC. The van der Waals surface area contributed by atoms with E-state index in [0.717, 1.165) is 13.2 Å². The van der Waals surface area contributed by atoms with Crippen molar-refractivity contribution < 1.29 is 9.47 Å². The molecule has 0 saturated heterocycles. The van der Waals surface area contributed by atoms with Crippen molar-refractivity contribution in [1.29, 1.82) is 0 Å². The van der Waals surface area contributed by atoms with Crippen LogP contribution in [0.5, 0.6) is 0 Å². The first-order valence-electron chi connectivity index (χ1n) is 6.81. The zero-order chi connectivity index (χ0) is 12.1. The molecule has 0 fully saturated rings. The van der Waals surface area contributed by atoms with Gasteiger partial charge in [0.05, 0.1) is 0 Å². The Bertz CT molecular complexity index is 107. The summed E-state index contributed by atoms with van der Waals surface area (Å²) in [6.07, 6.45) is 7.42. The fraction of sp³-hybridized carbons (Fsp3) is 1.00. The van der Waals surface area contributed by atoms with Crippen molar-refractivity contribution in [3.05, 3.63) is 0 Å². The molecular weight excluding hydrogens is 307 g/mol. The Kier molecular flexibility index (Phi) is 14.4. The van der Waals surface area contributed by atoms with Gasteiger partial charge in [-0.25, -0.2) is 0 Å². The van der Waals surface area contributed by atoms with Crippen LogP contribution in [-0.2, 0) is 9.47 Å². The molecule has 0 bridgehead atoms. The van der Waals surface area contributed by atoms with Crippen molar-refractivity contribution >= 4 is 21.1 Å². The minimum absolute atomic E-state index is 0.216. The van der Waals surface area contributed by atoms with Gasteiger partial charge in [0.2, 0.25) is 0 Å². The predicted molar refractivity (Wildman–Crippen MR) is 71.0 cm³/mol. The van der Waals surface area contributed by atoms with Crippen LogP contribution in [0.1, 0.15) is 59.3 Å². The summed E-state index contributed by atoms with van der Waals surface area (Å²) in [7, 11) is 0. The third-order valence-electron chi connectivity index (χ3n) is 2.38. The van der Waals surface area contributed by atoms with Crippen LogP contribution in [0.3, 0.4) is 0 Å². The molecule has 0 amide bonds. The van der Waals surface area contributed by atoms with Crippen LogP contribution < -0.4 is 0 Å². The first-order chi connectivity index (χ1) is 7.85. The Morgan fingerprint density at radius 1 is 0.812 bits per heavy atom. The van der Waals surface area contributed by atoms with Gasteiger partial charge in [0, 0.05) is 0 Å². The molecule has 2 radical (unpaired) electrons. The molecule has 2 nitrogen and oxygen atoms in total. The van der Waals surface area contributed by atoms with Gasteiger partial charge in [-0.3, -0.25) is 0 Å². The average molecular weight is 335 g/mol. The number of rotatable bonds is 12. The summed E-state index contributed by atoms with van der Waals surface area (Å²) in [5, 5.41) is 0. The van der Waals surface area contributed by atoms with Gasteiger partial charge < -0.3 is 0 Å². The minimum atomic E-state index is -0.464. The molecule has 0 rings (SSSR count). The predicted octanol–water partition coefficient (Wildman–Crippen LogP) is 3.83. The van der Waals surface area contributed by atoms with Crippen LogP contribution in [0.15, 0.2) is 0 Å². The summed E-state index contributed by atoms with van der Waals surface area (Å²) >= 11 is -0.464. The molecule has 0 aliphatic heterocycles. The van der Waals surface area contributed by atoms with E-state index >= 15 is 0 Å². The van der Waals surface area contributed by atoms with E-state index in [0.29, 0.717) is 0 Å². The van der Waals surface area contributed by atoms with E-state index in [4.69, 9.17) is 9.47 Å². The van der Waals surface area contributed by atoms with Crippen molar-refractivity contribution in [3.8, 4) is 0 Å². The molecule has 0 unspecified atom stereocenters. The van der Waals surface area contributed by atoms with Crippen molar-refractivity contribution in [1.82, 2.24) is 0 Å². The summed E-state index contributed by atoms with van der Waals surface area (Å²) in [4.78, 5) is 0. The molecule has 0 saturated carbocycles. The van der Waals surface area contributed by atoms with E-state index in [1.165, 1.54) is 43.0 Å². The summed E-state index contributed by atoms with van der Waals surface area (Å²) in [6, 6.07) is 0. The molecule has 0 aromatic rings. The van der Waals surface area contributed by atoms with Crippen molar-refractivity contribution in [2.75, 3.05) is 13.2 Å². The van der Waals surface area contributed by atoms with Crippen molar-refractivity contribution in [3.63, 3.8) is 0 Å². The molecule has 0 aromatic carbocycles. The summed E-state index contributed by atoms with van der Waals surface area (Å²) in [6.45, 7) is 8.44. The topological polar surface area (TPSA) is 18.5 Å². The van der Waals surface area contributed by atoms with Crippen LogP contribution in [0.2, 0.25) is 4.44 Å². The second kappa shape index (κ2) is 13.8. The van der Waals surface area contributed by atoms with Crippen LogP contribution in [0, 0.1) is 0 Å². The Labute approximate surface area is 112 Å². The molecule has 0 atom stereocenters. The van der Waals surface area contributed by atoms with Crippen LogP contribution in [-0.4, -0.2) is 38.7 Å². The summed E-state index contributed by atoms with van der Waals surface area (Å²) in [5.74, 6) is 0. The van der Waals surface area contributed by atoms with Gasteiger partial charge >= 0.3 is 112 Å². The molecule has 0 spiro atoms. The first-order valence-corrected chi connectivity index (χ1v) is 10.5. The first kappa shape index (κ1) is 16.7. The zero-order valence-electron chi connectivity index (χ0n) is 11.3. The molecule has 0 aromatic heterocycles. The van der Waals surface area contributed by atoms with Gasteiger partial charge in [-0.2, -0.15) is 0 Å². The van der Waals surface area contributed by atoms with Crippen LogP contribution >= 0.6 is 0 Å². The monoisotopic (exact) mass is 336 g/mol. The molecule has 3 heteroatoms. The summed E-state index contributed by atoms with van der Waals surface area (Å²) in [5.41, 5.74) is 0. The van der Waals surface area contributed by atoms with E-state index in [2.05, 4.69) is 20.8 Å². The molecule has 96 valence electrons. The Morgan fingerprint density at radius 2 is 1.31 bits per heavy atom. The average Bonchev–Trinajstić information content (AvgIpc) is 2.29. The molecule has 16 heavy (non-hydrogen) atoms. The standard InChI is InChI=1S/C9H19O2.C4H9.Sn/c1-3-5-7-10-9-11-8-6-4-2;1-3-4-2;/h9H,3-8H2,1-2H3;1,3-4H2,2H3;. The third-order valence-corrected chi connectivity index (χ3v) is 6.11. The zero-order valence-corrected chi connectivity index (χ0v) is 14.1. The molecule has 0 aliphatic rings. The fourth-order valence-corrected chi connectivity index (χ4v) is 4.84. The second-order valence-corrected chi connectivity index (χ2v) is 8.03. The molecule has 0 N–H and O–H groups in total. The second-order valence-electron chi connectivity index (χ2n) is 4.09. The maximum absolute atomic E-state index is 5.83. The van der Waals surface area contributed by atoms with E-state index in [9.17, 15) is 0 Å². The number of hydrogen-bond acceptors (Lipinski definition) is 2. The fourth-order valence-electron chi connectivity index (χ4n) is 1.23. The molecule has 0 aliphatic carbocycles. The number of unbranched alkanes of at least 4 members (excludes halogenated alkanes) is 3. The molecule has 0 heterocycles. The third kappa shape index (κ3) is 11.2. The van der Waals surface area contributed by atoms with Crippen molar-refractivity contribution in [2.45, 2.75) is 68.0 Å². The number of ether oxygens (including phenoxy) is 2. The Hall–Kier alpha value is 0.719. The summed E-state index contributed by atoms with van der Waals surface area (Å²) < 4.78 is 13.3. The Balaban J connectivity index is 3.58. The van der Waals surface area contributed by atoms with Crippen LogP contribution in [0.4, 0.5) is 0 Å². The Morgan fingerprint density at radius 3 is 1.75 bits per heavy atom. The van der Waals surface area contributed by atoms with Crippen molar-refractivity contribution in [2.24, 2.45) is 0 Å². The van der Waals surface area contributed by atoms with E-state index in [1.807, 2.05) is 0 Å². The maximum atomic E-state index is 5.83.